The maximum Gasteiger partial charge on any atom is 0.124 e. The number of likely N-dealkylation sites (tertiary alicyclic amines) is 1. The minimum atomic E-state index is -0.204. The molecule has 0 amide bonds. The van der Waals surface area contributed by atoms with Gasteiger partial charge in [-0.3, -0.25) is 0 Å². The average Bonchev–Trinajstić information content (AvgIpc) is 2.58. The fourth-order valence-electron chi connectivity index (χ4n) is 2.61. The largest absolute Gasteiger partial charge is 0.381 e. The van der Waals surface area contributed by atoms with E-state index in [1.807, 2.05) is 6.07 Å². The second-order valence-corrected chi connectivity index (χ2v) is 6.38. The Balaban J connectivity index is 1.96. The first-order chi connectivity index (χ1) is 9.06. The van der Waals surface area contributed by atoms with Crippen LogP contribution in [0.25, 0.3) is 0 Å². The van der Waals surface area contributed by atoms with E-state index in [0.29, 0.717) is 12.1 Å². The van der Waals surface area contributed by atoms with E-state index < -0.39 is 0 Å². The Labute approximate surface area is 123 Å². The number of hydrogen-bond acceptors (Lipinski definition) is 2. The third-order valence-electron chi connectivity index (χ3n) is 3.78. The highest BCUT2D eigenvalue weighted by Gasteiger charge is 2.19. The summed E-state index contributed by atoms with van der Waals surface area (Å²) in [5.74, 6) is -0.204. The highest BCUT2D eigenvalue weighted by atomic mass is 79.9. The Hall–Kier alpha value is -0.610. The van der Waals surface area contributed by atoms with Crippen LogP contribution >= 0.6 is 15.9 Å². The molecule has 1 saturated heterocycles. The standard InChI is InChI=1S/C15H22BrFN2/c1-11(2)19-8-3-4-13(7-9-19)18-15-6-5-12(17)10-14(15)16/h5-6,10-11,13,18H,3-4,7-9H2,1-2H3. The van der Waals surface area contributed by atoms with Crippen LogP contribution in [0.5, 0.6) is 0 Å². The maximum absolute atomic E-state index is 13.1. The summed E-state index contributed by atoms with van der Waals surface area (Å²) in [6, 6.07) is 5.93. The van der Waals surface area contributed by atoms with Gasteiger partial charge in [-0.2, -0.15) is 0 Å². The predicted molar refractivity (Wildman–Crippen MR) is 82.1 cm³/mol. The van der Waals surface area contributed by atoms with Crippen molar-refractivity contribution in [3.05, 3.63) is 28.5 Å². The van der Waals surface area contributed by atoms with Gasteiger partial charge in [-0.25, -0.2) is 4.39 Å². The van der Waals surface area contributed by atoms with Gasteiger partial charge in [0.05, 0.1) is 0 Å². The maximum atomic E-state index is 13.1. The summed E-state index contributed by atoms with van der Waals surface area (Å²) >= 11 is 3.42. The zero-order chi connectivity index (χ0) is 13.8. The molecule has 2 rings (SSSR count). The summed E-state index contributed by atoms with van der Waals surface area (Å²) in [4.78, 5) is 2.53. The SMILES string of the molecule is CC(C)N1CCCC(Nc2ccc(F)cc2Br)CC1. The number of nitrogens with one attached hydrogen (secondary N) is 1. The minimum Gasteiger partial charge on any atom is -0.381 e. The lowest BCUT2D eigenvalue weighted by atomic mass is 10.1. The number of benzene rings is 1. The molecule has 1 atom stereocenters. The van der Waals surface area contributed by atoms with Crippen LogP contribution in [0.15, 0.2) is 22.7 Å². The highest BCUT2D eigenvalue weighted by molar-refractivity contribution is 9.10. The van der Waals surface area contributed by atoms with Gasteiger partial charge in [0.2, 0.25) is 0 Å². The van der Waals surface area contributed by atoms with Gasteiger partial charge in [-0.05, 0) is 73.8 Å². The Morgan fingerprint density at radius 1 is 1.32 bits per heavy atom. The van der Waals surface area contributed by atoms with E-state index in [1.54, 1.807) is 0 Å². The van der Waals surface area contributed by atoms with Crippen molar-refractivity contribution in [3.8, 4) is 0 Å². The molecule has 1 N–H and O–H groups in total. The third kappa shape index (κ3) is 4.18. The lowest BCUT2D eigenvalue weighted by molar-refractivity contribution is 0.230. The lowest BCUT2D eigenvalue weighted by Crippen LogP contribution is -2.32. The minimum absolute atomic E-state index is 0.204. The molecule has 106 valence electrons. The molecule has 1 aromatic rings. The molecule has 4 heteroatoms. The van der Waals surface area contributed by atoms with Crippen molar-refractivity contribution in [3.63, 3.8) is 0 Å². The van der Waals surface area contributed by atoms with Gasteiger partial charge in [0.15, 0.2) is 0 Å². The van der Waals surface area contributed by atoms with Crippen molar-refractivity contribution in [2.75, 3.05) is 18.4 Å². The predicted octanol–water partition coefficient (Wildman–Crippen LogP) is 4.26. The molecule has 1 aromatic carbocycles. The van der Waals surface area contributed by atoms with Crippen LogP contribution in [0.2, 0.25) is 0 Å². The van der Waals surface area contributed by atoms with Crippen molar-refractivity contribution in [2.45, 2.75) is 45.2 Å². The van der Waals surface area contributed by atoms with Crippen LogP contribution in [0, 0.1) is 5.82 Å². The number of nitrogens with zero attached hydrogens (tertiary/aromatic N) is 1. The molecular formula is C15H22BrFN2. The van der Waals surface area contributed by atoms with Gasteiger partial charge in [-0.15, -0.1) is 0 Å². The lowest BCUT2D eigenvalue weighted by Gasteiger charge is -2.24. The molecule has 2 nitrogen and oxygen atoms in total. The molecule has 1 fully saturated rings. The van der Waals surface area contributed by atoms with Gasteiger partial charge in [0, 0.05) is 28.8 Å². The zero-order valence-corrected chi connectivity index (χ0v) is 13.2. The second kappa shape index (κ2) is 6.71. The quantitative estimate of drug-likeness (QED) is 0.891. The second-order valence-electron chi connectivity index (χ2n) is 5.53. The Bertz CT molecular complexity index is 423. The van der Waals surface area contributed by atoms with Crippen molar-refractivity contribution in [1.29, 1.82) is 0 Å². The van der Waals surface area contributed by atoms with Crippen LogP contribution in [0.1, 0.15) is 33.1 Å². The summed E-state index contributed by atoms with van der Waals surface area (Å²) in [5, 5.41) is 3.54. The van der Waals surface area contributed by atoms with Crippen molar-refractivity contribution in [2.24, 2.45) is 0 Å². The van der Waals surface area contributed by atoms with E-state index in [-0.39, 0.29) is 5.82 Å². The fourth-order valence-corrected chi connectivity index (χ4v) is 3.07. The summed E-state index contributed by atoms with van der Waals surface area (Å²) in [7, 11) is 0. The Morgan fingerprint density at radius 3 is 2.79 bits per heavy atom. The van der Waals surface area contributed by atoms with E-state index in [2.05, 4.69) is 40.0 Å². The average molecular weight is 329 g/mol. The van der Waals surface area contributed by atoms with Crippen LogP contribution in [0.4, 0.5) is 10.1 Å². The molecule has 0 aromatic heterocycles. The molecule has 0 radical (unpaired) electrons. The van der Waals surface area contributed by atoms with Crippen LogP contribution in [0.3, 0.4) is 0 Å². The highest BCUT2D eigenvalue weighted by Crippen LogP contribution is 2.26. The summed E-state index contributed by atoms with van der Waals surface area (Å²) < 4.78 is 13.9. The van der Waals surface area contributed by atoms with Gasteiger partial charge < -0.3 is 10.2 Å². The smallest absolute Gasteiger partial charge is 0.124 e. The molecule has 1 aliphatic rings. The van der Waals surface area contributed by atoms with Gasteiger partial charge in [0.1, 0.15) is 5.82 Å². The monoisotopic (exact) mass is 328 g/mol. The summed E-state index contributed by atoms with van der Waals surface area (Å²) in [6.07, 6.45) is 3.53. The fraction of sp³-hybridized carbons (Fsp3) is 0.600. The first kappa shape index (κ1) is 14.8. The summed E-state index contributed by atoms with van der Waals surface area (Å²) in [6.45, 7) is 6.82. The summed E-state index contributed by atoms with van der Waals surface area (Å²) in [5.41, 5.74) is 0.990. The Morgan fingerprint density at radius 2 is 2.11 bits per heavy atom. The topological polar surface area (TPSA) is 15.3 Å². The van der Waals surface area contributed by atoms with E-state index in [9.17, 15) is 4.39 Å². The molecule has 1 unspecified atom stereocenters. The van der Waals surface area contributed by atoms with Crippen LogP contribution < -0.4 is 5.32 Å². The van der Waals surface area contributed by atoms with Crippen molar-refractivity contribution in [1.82, 2.24) is 4.90 Å². The number of halogens is 2. The molecule has 1 heterocycles. The third-order valence-corrected chi connectivity index (χ3v) is 4.44. The van der Waals surface area contributed by atoms with Crippen molar-refractivity contribution >= 4 is 21.6 Å². The van der Waals surface area contributed by atoms with Crippen molar-refractivity contribution < 1.29 is 4.39 Å². The van der Waals surface area contributed by atoms with E-state index in [1.165, 1.54) is 31.5 Å². The molecule has 1 aliphatic heterocycles. The molecule has 19 heavy (non-hydrogen) atoms. The van der Waals surface area contributed by atoms with E-state index >= 15 is 0 Å². The molecule has 0 bridgehead atoms. The molecule has 0 saturated carbocycles. The van der Waals surface area contributed by atoms with E-state index in [0.717, 1.165) is 23.1 Å². The van der Waals surface area contributed by atoms with E-state index in [4.69, 9.17) is 0 Å². The first-order valence-corrected chi connectivity index (χ1v) is 7.81. The van der Waals surface area contributed by atoms with Crippen LogP contribution in [-0.4, -0.2) is 30.1 Å². The number of rotatable bonds is 3. The van der Waals surface area contributed by atoms with Gasteiger partial charge in [0.25, 0.3) is 0 Å². The number of anilines is 1. The van der Waals surface area contributed by atoms with Crippen LogP contribution in [-0.2, 0) is 0 Å². The first-order valence-electron chi connectivity index (χ1n) is 7.02. The molecule has 0 aliphatic carbocycles. The number of hydrogen-bond donors (Lipinski definition) is 1. The normalized spacial score (nSPS) is 21.4. The van der Waals surface area contributed by atoms with Gasteiger partial charge >= 0.3 is 0 Å². The molecule has 0 spiro atoms. The molecular weight excluding hydrogens is 307 g/mol. The Kier molecular flexibility index (Phi) is 5.22. The van der Waals surface area contributed by atoms with Gasteiger partial charge in [-0.1, -0.05) is 0 Å². The zero-order valence-electron chi connectivity index (χ0n) is 11.6.